The minimum atomic E-state index is -0.841. The highest BCUT2D eigenvalue weighted by molar-refractivity contribution is 5.74. The van der Waals surface area contributed by atoms with Crippen LogP contribution < -0.4 is 0 Å². The molecule has 0 aromatic rings. The van der Waals surface area contributed by atoms with Crippen LogP contribution in [-0.4, -0.2) is 23.3 Å². The van der Waals surface area contributed by atoms with Gasteiger partial charge in [0.15, 0.2) is 0 Å². The molecule has 0 radical (unpaired) electrons. The molecule has 0 aliphatic heterocycles. The van der Waals surface area contributed by atoms with E-state index in [1.165, 1.54) is 0 Å². The molecular weight excluding hydrogens is 156 g/mol. The quantitative estimate of drug-likeness (QED) is 0.634. The Morgan fingerprint density at radius 3 is 2.83 bits per heavy atom. The first-order valence-corrected chi connectivity index (χ1v) is 4.47. The summed E-state index contributed by atoms with van der Waals surface area (Å²) in [6, 6.07) is 0. The molecule has 0 unspecified atom stereocenters. The summed E-state index contributed by atoms with van der Waals surface area (Å²) in [5.41, 5.74) is -0.841. The standard InChI is InChI=1S/C9H16O3/c1-3-12-8(10)7-5-4-6-9(7,2)11/h7,11H,3-6H2,1-2H3/t7-,9-/m0/s1. The summed E-state index contributed by atoms with van der Waals surface area (Å²) in [6.07, 6.45) is 2.37. The van der Waals surface area contributed by atoms with Crippen LogP contribution in [0.4, 0.5) is 0 Å². The van der Waals surface area contributed by atoms with E-state index in [9.17, 15) is 9.90 Å². The van der Waals surface area contributed by atoms with Crippen molar-refractivity contribution in [2.24, 2.45) is 5.92 Å². The fourth-order valence-corrected chi connectivity index (χ4v) is 1.76. The van der Waals surface area contributed by atoms with Gasteiger partial charge in [0.1, 0.15) is 0 Å². The number of esters is 1. The van der Waals surface area contributed by atoms with E-state index < -0.39 is 5.60 Å². The van der Waals surface area contributed by atoms with Gasteiger partial charge in [0.25, 0.3) is 0 Å². The Labute approximate surface area is 72.7 Å². The maximum atomic E-state index is 11.3. The number of carbonyl (C=O) groups excluding carboxylic acids is 1. The summed E-state index contributed by atoms with van der Waals surface area (Å²) in [6.45, 7) is 3.88. The first kappa shape index (κ1) is 9.52. The van der Waals surface area contributed by atoms with Crippen LogP contribution in [0.3, 0.4) is 0 Å². The predicted molar refractivity (Wildman–Crippen MR) is 44.6 cm³/mol. The fraction of sp³-hybridized carbons (Fsp3) is 0.889. The van der Waals surface area contributed by atoms with Crippen molar-refractivity contribution in [3.05, 3.63) is 0 Å². The predicted octanol–water partition coefficient (Wildman–Crippen LogP) is 1.10. The molecule has 3 heteroatoms. The monoisotopic (exact) mass is 172 g/mol. The van der Waals surface area contributed by atoms with E-state index in [1.807, 2.05) is 0 Å². The molecule has 1 fully saturated rings. The van der Waals surface area contributed by atoms with E-state index >= 15 is 0 Å². The molecule has 1 saturated carbocycles. The average molecular weight is 172 g/mol. The molecule has 0 aromatic carbocycles. The number of carbonyl (C=O) groups is 1. The highest BCUT2D eigenvalue weighted by atomic mass is 16.5. The Bertz CT molecular complexity index is 175. The van der Waals surface area contributed by atoms with Crippen LogP contribution in [0.2, 0.25) is 0 Å². The van der Waals surface area contributed by atoms with Crippen molar-refractivity contribution in [1.82, 2.24) is 0 Å². The Hall–Kier alpha value is -0.570. The maximum Gasteiger partial charge on any atom is 0.311 e. The largest absolute Gasteiger partial charge is 0.466 e. The molecule has 1 aliphatic rings. The number of hydrogen-bond acceptors (Lipinski definition) is 3. The van der Waals surface area contributed by atoms with Gasteiger partial charge < -0.3 is 9.84 Å². The van der Waals surface area contributed by atoms with Gasteiger partial charge in [0.05, 0.1) is 18.1 Å². The van der Waals surface area contributed by atoms with Crippen LogP contribution in [-0.2, 0) is 9.53 Å². The lowest BCUT2D eigenvalue weighted by Gasteiger charge is -2.23. The Balaban J connectivity index is 2.56. The summed E-state index contributed by atoms with van der Waals surface area (Å²) >= 11 is 0. The van der Waals surface area contributed by atoms with Crippen molar-refractivity contribution >= 4 is 5.97 Å². The second kappa shape index (κ2) is 3.44. The third-order valence-corrected chi connectivity index (χ3v) is 2.50. The maximum absolute atomic E-state index is 11.3. The molecule has 0 heterocycles. The fourth-order valence-electron chi connectivity index (χ4n) is 1.76. The number of ether oxygens (including phenoxy) is 1. The van der Waals surface area contributed by atoms with Gasteiger partial charge in [-0.2, -0.15) is 0 Å². The highest BCUT2D eigenvalue weighted by Gasteiger charge is 2.42. The van der Waals surface area contributed by atoms with Gasteiger partial charge in [-0.1, -0.05) is 0 Å². The van der Waals surface area contributed by atoms with Gasteiger partial charge in [0, 0.05) is 0 Å². The van der Waals surface area contributed by atoms with E-state index in [0.717, 1.165) is 12.8 Å². The Morgan fingerprint density at radius 2 is 2.42 bits per heavy atom. The summed E-state index contributed by atoms with van der Waals surface area (Å²) < 4.78 is 4.86. The summed E-state index contributed by atoms with van der Waals surface area (Å²) in [5, 5.41) is 9.75. The van der Waals surface area contributed by atoms with Gasteiger partial charge in [0.2, 0.25) is 0 Å². The van der Waals surface area contributed by atoms with Crippen LogP contribution >= 0.6 is 0 Å². The van der Waals surface area contributed by atoms with Crippen LogP contribution in [0.1, 0.15) is 33.1 Å². The zero-order valence-corrected chi connectivity index (χ0v) is 7.67. The van der Waals surface area contributed by atoms with Crippen molar-refractivity contribution in [3.8, 4) is 0 Å². The van der Waals surface area contributed by atoms with Crippen LogP contribution in [0.5, 0.6) is 0 Å². The van der Waals surface area contributed by atoms with Gasteiger partial charge in [-0.25, -0.2) is 0 Å². The molecule has 0 spiro atoms. The lowest BCUT2D eigenvalue weighted by molar-refractivity contribution is -0.155. The van der Waals surface area contributed by atoms with Crippen molar-refractivity contribution in [2.75, 3.05) is 6.61 Å². The van der Waals surface area contributed by atoms with E-state index in [4.69, 9.17) is 4.74 Å². The van der Waals surface area contributed by atoms with Crippen LogP contribution in [0, 0.1) is 5.92 Å². The van der Waals surface area contributed by atoms with Crippen molar-refractivity contribution in [3.63, 3.8) is 0 Å². The normalized spacial score (nSPS) is 35.1. The van der Waals surface area contributed by atoms with Crippen molar-refractivity contribution < 1.29 is 14.6 Å². The number of rotatable bonds is 2. The lowest BCUT2D eigenvalue weighted by atomic mass is 9.93. The van der Waals surface area contributed by atoms with E-state index in [-0.39, 0.29) is 11.9 Å². The molecule has 12 heavy (non-hydrogen) atoms. The smallest absolute Gasteiger partial charge is 0.311 e. The molecule has 70 valence electrons. The molecule has 1 rings (SSSR count). The molecule has 0 amide bonds. The molecule has 0 bridgehead atoms. The summed E-state index contributed by atoms with van der Waals surface area (Å²) in [7, 11) is 0. The molecule has 0 saturated heterocycles. The van der Waals surface area contributed by atoms with E-state index in [0.29, 0.717) is 13.0 Å². The first-order chi connectivity index (χ1) is 5.58. The van der Waals surface area contributed by atoms with Crippen molar-refractivity contribution in [2.45, 2.75) is 38.7 Å². The second-order valence-electron chi connectivity index (χ2n) is 3.55. The van der Waals surface area contributed by atoms with Gasteiger partial charge >= 0.3 is 5.97 Å². The average Bonchev–Trinajstić information content (AvgIpc) is 2.30. The Kier molecular flexibility index (Phi) is 2.73. The number of aliphatic hydroxyl groups is 1. The molecular formula is C9H16O3. The zero-order valence-electron chi connectivity index (χ0n) is 7.67. The summed E-state index contributed by atoms with van der Waals surface area (Å²) in [5.74, 6) is -0.558. The highest BCUT2D eigenvalue weighted by Crippen LogP contribution is 2.35. The third-order valence-electron chi connectivity index (χ3n) is 2.50. The van der Waals surface area contributed by atoms with Crippen molar-refractivity contribution in [1.29, 1.82) is 0 Å². The molecule has 1 N–H and O–H groups in total. The molecule has 2 atom stereocenters. The Morgan fingerprint density at radius 1 is 1.75 bits per heavy atom. The summed E-state index contributed by atoms with van der Waals surface area (Å²) in [4.78, 5) is 11.3. The van der Waals surface area contributed by atoms with E-state index in [2.05, 4.69) is 0 Å². The van der Waals surface area contributed by atoms with E-state index in [1.54, 1.807) is 13.8 Å². The van der Waals surface area contributed by atoms with Crippen LogP contribution in [0.25, 0.3) is 0 Å². The molecule has 1 aliphatic carbocycles. The third kappa shape index (κ3) is 1.78. The van der Waals surface area contributed by atoms with Gasteiger partial charge in [-0.05, 0) is 33.1 Å². The minimum Gasteiger partial charge on any atom is -0.466 e. The second-order valence-corrected chi connectivity index (χ2v) is 3.55. The SMILES string of the molecule is CCOC(=O)[C@@H]1CCC[C@]1(C)O. The topological polar surface area (TPSA) is 46.5 Å². The lowest BCUT2D eigenvalue weighted by Crippen LogP contribution is -2.35. The van der Waals surface area contributed by atoms with Gasteiger partial charge in [-0.3, -0.25) is 4.79 Å². The number of hydrogen-bond donors (Lipinski definition) is 1. The molecule has 3 nitrogen and oxygen atoms in total. The van der Waals surface area contributed by atoms with Gasteiger partial charge in [-0.15, -0.1) is 0 Å². The minimum absolute atomic E-state index is 0.250. The first-order valence-electron chi connectivity index (χ1n) is 4.47. The van der Waals surface area contributed by atoms with Crippen LogP contribution in [0.15, 0.2) is 0 Å². The zero-order chi connectivity index (χ0) is 9.19. The molecule has 0 aromatic heterocycles.